The maximum atomic E-state index is 11.6. The number of hydrogen-bond acceptors (Lipinski definition) is 3. The maximum Gasteiger partial charge on any atom is 0.307 e. The molecule has 2 unspecified atom stereocenters. The topological polar surface area (TPSA) is 38.3 Å². The van der Waals surface area contributed by atoms with Gasteiger partial charge in [-0.15, -0.1) is 0 Å². The molecule has 0 radical (unpaired) electrons. The van der Waals surface area contributed by atoms with Gasteiger partial charge in [0, 0.05) is 12.1 Å². The largest absolute Gasteiger partial charge is 0.462 e. The summed E-state index contributed by atoms with van der Waals surface area (Å²) in [6.45, 7) is 9.23. The molecule has 0 heterocycles. The van der Waals surface area contributed by atoms with Crippen molar-refractivity contribution in [3.8, 4) is 0 Å². The molecule has 0 spiro atoms. The lowest BCUT2D eigenvalue weighted by atomic mass is 9.89. The second kappa shape index (κ2) is 6.39. The molecule has 1 rings (SSSR count). The van der Waals surface area contributed by atoms with Crippen molar-refractivity contribution in [2.24, 2.45) is 5.92 Å². The molecule has 0 aromatic heterocycles. The molecule has 3 heteroatoms. The Kier molecular flexibility index (Phi) is 5.44. The van der Waals surface area contributed by atoms with Gasteiger partial charge in [-0.25, -0.2) is 0 Å². The van der Waals surface area contributed by atoms with Gasteiger partial charge in [0.2, 0.25) is 0 Å². The average Bonchev–Trinajstić information content (AvgIpc) is 2.15. The minimum atomic E-state index is -0.0548. The number of nitrogens with one attached hydrogen (secondary N) is 1. The van der Waals surface area contributed by atoms with E-state index in [1.807, 2.05) is 0 Å². The minimum Gasteiger partial charge on any atom is -0.462 e. The van der Waals surface area contributed by atoms with Crippen molar-refractivity contribution in [2.45, 2.75) is 71.4 Å². The third-order valence-electron chi connectivity index (χ3n) is 3.17. The fraction of sp³-hybridized carbons (Fsp3) is 0.929. The summed E-state index contributed by atoms with van der Waals surface area (Å²) in [5, 5.41) is 3.30. The molecule has 100 valence electrons. The van der Waals surface area contributed by atoms with Gasteiger partial charge in [0.15, 0.2) is 0 Å². The number of hydrogen-bond donors (Lipinski definition) is 1. The Morgan fingerprint density at radius 3 is 2.65 bits per heavy atom. The Labute approximate surface area is 105 Å². The van der Waals surface area contributed by atoms with Crippen LogP contribution in [0.15, 0.2) is 0 Å². The van der Waals surface area contributed by atoms with Crippen molar-refractivity contribution < 1.29 is 9.53 Å². The average molecular weight is 241 g/mol. The number of ether oxygens (including phenoxy) is 1. The molecule has 0 amide bonds. The lowest BCUT2D eigenvalue weighted by Gasteiger charge is -2.26. The molecule has 1 N–H and O–H groups in total. The Bertz CT molecular complexity index is 245. The van der Waals surface area contributed by atoms with Gasteiger partial charge >= 0.3 is 5.97 Å². The molecule has 17 heavy (non-hydrogen) atoms. The predicted molar refractivity (Wildman–Crippen MR) is 69.9 cm³/mol. The molecule has 0 aromatic rings. The van der Waals surface area contributed by atoms with Gasteiger partial charge in [-0.05, 0) is 46.0 Å². The molecule has 0 aliphatic heterocycles. The normalized spacial score (nSPS) is 25.6. The molecule has 1 aliphatic carbocycles. The van der Waals surface area contributed by atoms with Crippen molar-refractivity contribution >= 4 is 5.97 Å². The Morgan fingerprint density at radius 2 is 2.06 bits per heavy atom. The van der Waals surface area contributed by atoms with E-state index in [2.05, 4.69) is 33.0 Å². The van der Waals surface area contributed by atoms with Gasteiger partial charge in [-0.2, -0.15) is 0 Å². The van der Waals surface area contributed by atoms with Crippen molar-refractivity contribution in [3.05, 3.63) is 0 Å². The fourth-order valence-corrected chi connectivity index (χ4v) is 2.27. The van der Waals surface area contributed by atoms with E-state index in [1.54, 1.807) is 0 Å². The maximum absolute atomic E-state index is 11.6. The number of carbonyl (C=O) groups is 1. The highest BCUT2D eigenvalue weighted by Gasteiger charge is 2.22. The highest BCUT2D eigenvalue weighted by molar-refractivity contribution is 5.69. The molecule has 2 atom stereocenters. The quantitative estimate of drug-likeness (QED) is 0.769. The van der Waals surface area contributed by atoms with Crippen LogP contribution in [0.4, 0.5) is 0 Å². The lowest BCUT2D eigenvalue weighted by Crippen LogP contribution is -2.37. The number of esters is 1. The first kappa shape index (κ1) is 14.5. The third kappa shape index (κ3) is 6.67. The van der Waals surface area contributed by atoms with E-state index in [4.69, 9.17) is 4.74 Å². The summed E-state index contributed by atoms with van der Waals surface area (Å²) in [5.74, 6) is 0.648. The van der Waals surface area contributed by atoms with E-state index in [0.717, 1.165) is 12.8 Å². The molecule has 1 saturated carbocycles. The van der Waals surface area contributed by atoms with Crippen LogP contribution >= 0.6 is 0 Å². The molecule has 0 bridgehead atoms. The minimum absolute atomic E-state index is 0.0548. The van der Waals surface area contributed by atoms with E-state index in [0.29, 0.717) is 18.9 Å². The first-order valence-electron chi connectivity index (χ1n) is 6.81. The van der Waals surface area contributed by atoms with Crippen LogP contribution in [0.25, 0.3) is 0 Å². The molecular weight excluding hydrogens is 214 g/mol. The number of rotatable bonds is 4. The monoisotopic (exact) mass is 241 g/mol. The van der Waals surface area contributed by atoms with Crippen LogP contribution in [0.2, 0.25) is 0 Å². The zero-order chi connectivity index (χ0) is 12.9. The first-order valence-corrected chi connectivity index (χ1v) is 6.81. The number of carbonyl (C=O) groups excluding carboxylic acids is 1. The first-order chi connectivity index (χ1) is 7.87. The van der Waals surface area contributed by atoms with Gasteiger partial charge in [0.1, 0.15) is 6.10 Å². The van der Waals surface area contributed by atoms with E-state index >= 15 is 0 Å². The molecule has 1 fully saturated rings. The van der Waals surface area contributed by atoms with E-state index in [9.17, 15) is 4.79 Å². The van der Waals surface area contributed by atoms with Crippen molar-refractivity contribution in [2.75, 3.05) is 6.54 Å². The fourth-order valence-electron chi connectivity index (χ4n) is 2.27. The zero-order valence-electron chi connectivity index (χ0n) is 11.7. The summed E-state index contributed by atoms with van der Waals surface area (Å²) >= 11 is 0. The summed E-state index contributed by atoms with van der Waals surface area (Å²) < 4.78 is 5.50. The SMILES string of the molecule is CC1CCCC(OC(=O)CCNC(C)(C)C)C1. The smallest absolute Gasteiger partial charge is 0.307 e. The lowest BCUT2D eigenvalue weighted by molar-refractivity contribution is -0.151. The van der Waals surface area contributed by atoms with Crippen LogP contribution in [-0.4, -0.2) is 24.2 Å². The van der Waals surface area contributed by atoms with Crippen molar-refractivity contribution in [1.29, 1.82) is 0 Å². The van der Waals surface area contributed by atoms with Crippen LogP contribution < -0.4 is 5.32 Å². The highest BCUT2D eigenvalue weighted by atomic mass is 16.5. The molecule has 3 nitrogen and oxygen atoms in total. The Balaban J connectivity index is 2.16. The Morgan fingerprint density at radius 1 is 1.35 bits per heavy atom. The summed E-state index contributed by atoms with van der Waals surface area (Å²) in [6, 6.07) is 0. The van der Waals surface area contributed by atoms with Gasteiger partial charge in [0.05, 0.1) is 6.42 Å². The molecule has 1 aliphatic rings. The van der Waals surface area contributed by atoms with Gasteiger partial charge in [-0.1, -0.05) is 13.3 Å². The van der Waals surface area contributed by atoms with Gasteiger partial charge in [0.25, 0.3) is 0 Å². The molecule has 0 aromatic carbocycles. The van der Waals surface area contributed by atoms with Crippen LogP contribution in [0.1, 0.15) is 59.8 Å². The summed E-state index contributed by atoms with van der Waals surface area (Å²) in [7, 11) is 0. The van der Waals surface area contributed by atoms with Crippen LogP contribution in [0, 0.1) is 5.92 Å². The van der Waals surface area contributed by atoms with Gasteiger partial charge in [-0.3, -0.25) is 4.79 Å². The van der Waals surface area contributed by atoms with Crippen LogP contribution in [0.3, 0.4) is 0 Å². The predicted octanol–water partition coefficient (Wildman–Crippen LogP) is 2.89. The summed E-state index contributed by atoms with van der Waals surface area (Å²) in [5.41, 5.74) is 0.0691. The summed E-state index contributed by atoms with van der Waals surface area (Å²) in [6.07, 6.45) is 5.20. The van der Waals surface area contributed by atoms with Crippen molar-refractivity contribution in [3.63, 3.8) is 0 Å². The summed E-state index contributed by atoms with van der Waals surface area (Å²) in [4.78, 5) is 11.6. The van der Waals surface area contributed by atoms with Gasteiger partial charge < -0.3 is 10.1 Å². The van der Waals surface area contributed by atoms with E-state index in [1.165, 1.54) is 12.8 Å². The van der Waals surface area contributed by atoms with Crippen LogP contribution in [0.5, 0.6) is 0 Å². The van der Waals surface area contributed by atoms with Crippen molar-refractivity contribution in [1.82, 2.24) is 5.32 Å². The zero-order valence-corrected chi connectivity index (χ0v) is 11.7. The van der Waals surface area contributed by atoms with Crippen LogP contribution in [-0.2, 0) is 9.53 Å². The standard InChI is InChI=1S/C14H27NO2/c1-11-6-5-7-12(10-11)17-13(16)8-9-15-14(2,3)4/h11-12,15H,5-10H2,1-4H3. The molecular formula is C14H27NO2. The van der Waals surface area contributed by atoms with E-state index in [-0.39, 0.29) is 17.6 Å². The highest BCUT2D eigenvalue weighted by Crippen LogP contribution is 2.25. The second-order valence-corrected chi connectivity index (χ2v) is 6.31. The van der Waals surface area contributed by atoms with E-state index < -0.39 is 0 Å². The molecule has 0 saturated heterocycles. The Hall–Kier alpha value is -0.570. The second-order valence-electron chi connectivity index (χ2n) is 6.31. The third-order valence-corrected chi connectivity index (χ3v) is 3.17.